The highest BCUT2D eigenvalue weighted by molar-refractivity contribution is 7.91. The topological polar surface area (TPSA) is 68.3 Å². The largest absolute Gasteiger partial charge is 0.224 e. The lowest BCUT2D eigenvalue weighted by Gasteiger charge is -2.03. The second-order valence-electron chi connectivity index (χ2n) is 5.21. The van der Waals surface area contributed by atoms with Crippen molar-refractivity contribution in [3.8, 4) is 0 Å². The molecule has 3 rings (SSSR count). The summed E-state index contributed by atoms with van der Waals surface area (Å²) in [6, 6.07) is 25.2. The second kappa shape index (κ2) is 8.09. The van der Waals surface area contributed by atoms with Gasteiger partial charge in [-0.25, -0.2) is 16.8 Å². The molecule has 0 amide bonds. The standard InChI is InChI=1S/C12H10O2S.C7H8O2S/c13-15(14,11-7-3-1-4-8-11)12-9-5-2-6-10-12;1-10(8,9)7-5-3-2-4-6-7/h1-10H;2-6H,1H3. The maximum atomic E-state index is 12.0. The van der Waals surface area contributed by atoms with Crippen molar-refractivity contribution in [3.63, 3.8) is 0 Å². The van der Waals surface area contributed by atoms with Gasteiger partial charge in [0.05, 0.1) is 14.7 Å². The van der Waals surface area contributed by atoms with Gasteiger partial charge in [-0.2, -0.15) is 0 Å². The first-order valence-electron chi connectivity index (χ1n) is 7.42. The van der Waals surface area contributed by atoms with Crippen LogP contribution in [0.5, 0.6) is 0 Å². The van der Waals surface area contributed by atoms with Crippen LogP contribution in [-0.2, 0) is 19.7 Å². The average molecular weight is 374 g/mol. The van der Waals surface area contributed by atoms with Gasteiger partial charge in [-0.1, -0.05) is 54.6 Å². The van der Waals surface area contributed by atoms with Gasteiger partial charge in [-0.3, -0.25) is 0 Å². The van der Waals surface area contributed by atoms with E-state index >= 15 is 0 Å². The van der Waals surface area contributed by atoms with Crippen molar-refractivity contribution < 1.29 is 16.8 Å². The van der Waals surface area contributed by atoms with Gasteiger partial charge in [-0.05, 0) is 36.4 Å². The molecular formula is C19H18O4S2. The molecule has 25 heavy (non-hydrogen) atoms. The molecular weight excluding hydrogens is 356 g/mol. The molecule has 3 aromatic carbocycles. The molecule has 0 heterocycles. The number of rotatable bonds is 3. The molecule has 0 aliphatic carbocycles. The van der Waals surface area contributed by atoms with Crippen LogP contribution in [0.25, 0.3) is 0 Å². The molecule has 130 valence electrons. The summed E-state index contributed by atoms with van der Waals surface area (Å²) in [5.41, 5.74) is 0. The van der Waals surface area contributed by atoms with Gasteiger partial charge >= 0.3 is 0 Å². The summed E-state index contributed by atoms with van der Waals surface area (Å²) in [6.45, 7) is 0. The maximum absolute atomic E-state index is 12.0. The SMILES string of the molecule is CS(=O)(=O)c1ccccc1.O=S(=O)(c1ccccc1)c1ccccc1. The highest BCUT2D eigenvalue weighted by Crippen LogP contribution is 2.19. The average Bonchev–Trinajstić information content (AvgIpc) is 2.64. The third-order valence-electron chi connectivity index (χ3n) is 3.28. The molecule has 0 aromatic heterocycles. The zero-order valence-corrected chi connectivity index (χ0v) is 15.2. The Morgan fingerprint density at radius 1 is 0.480 bits per heavy atom. The molecule has 4 nitrogen and oxygen atoms in total. The third-order valence-corrected chi connectivity index (χ3v) is 6.19. The fourth-order valence-corrected chi connectivity index (χ4v) is 3.96. The van der Waals surface area contributed by atoms with E-state index in [4.69, 9.17) is 0 Å². The molecule has 0 N–H and O–H groups in total. The Kier molecular flexibility index (Phi) is 6.12. The van der Waals surface area contributed by atoms with Crippen LogP contribution in [0.3, 0.4) is 0 Å². The van der Waals surface area contributed by atoms with Crippen LogP contribution < -0.4 is 0 Å². The van der Waals surface area contributed by atoms with E-state index in [0.29, 0.717) is 14.7 Å². The summed E-state index contributed by atoms with van der Waals surface area (Å²) in [6.07, 6.45) is 1.20. The van der Waals surface area contributed by atoms with E-state index in [2.05, 4.69) is 0 Å². The highest BCUT2D eigenvalue weighted by atomic mass is 32.2. The van der Waals surface area contributed by atoms with E-state index < -0.39 is 19.7 Å². The predicted octanol–water partition coefficient (Wildman–Crippen LogP) is 3.61. The fraction of sp³-hybridized carbons (Fsp3) is 0.0526. The van der Waals surface area contributed by atoms with Crippen LogP contribution in [0.4, 0.5) is 0 Å². The van der Waals surface area contributed by atoms with Crippen LogP contribution in [0.1, 0.15) is 0 Å². The van der Waals surface area contributed by atoms with Crippen molar-refractivity contribution in [2.24, 2.45) is 0 Å². The first kappa shape index (κ1) is 18.9. The van der Waals surface area contributed by atoms with Gasteiger partial charge in [0.15, 0.2) is 9.84 Å². The number of hydrogen-bond acceptors (Lipinski definition) is 4. The maximum Gasteiger partial charge on any atom is 0.206 e. The quantitative estimate of drug-likeness (QED) is 0.702. The molecule has 0 saturated heterocycles. The Morgan fingerprint density at radius 3 is 1.00 bits per heavy atom. The van der Waals surface area contributed by atoms with Crippen molar-refractivity contribution in [2.75, 3.05) is 6.26 Å². The third kappa shape index (κ3) is 5.27. The summed E-state index contributed by atoms with van der Waals surface area (Å²) < 4.78 is 45.7. The molecule has 0 aliphatic heterocycles. The molecule has 0 aliphatic rings. The van der Waals surface area contributed by atoms with Gasteiger partial charge in [-0.15, -0.1) is 0 Å². The zero-order valence-electron chi connectivity index (χ0n) is 13.6. The second-order valence-corrected chi connectivity index (χ2v) is 9.18. The van der Waals surface area contributed by atoms with E-state index in [1.54, 1.807) is 91.0 Å². The summed E-state index contributed by atoms with van der Waals surface area (Å²) in [7, 11) is -6.34. The summed E-state index contributed by atoms with van der Waals surface area (Å²) >= 11 is 0. The minimum Gasteiger partial charge on any atom is -0.224 e. The zero-order chi connectivity index (χ0) is 18.3. The Morgan fingerprint density at radius 2 is 0.760 bits per heavy atom. The lowest BCUT2D eigenvalue weighted by molar-refractivity contribution is 0.595. The normalized spacial score (nSPS) is 11.2. The van der Waals surface area contributed by atoms with Crippen LogP contribution in [0, 0.1) is 0 Å². The number of sulfone groups is 2. The molecule has 6 heteroatoms. The lowest BCUT2D eigenvalue weighted by Crippen LogP contribution is -2.00. The van der Waals surface area contributed by atoms with Gasteiger partial charge in [0.1, 0.15) is 0 Å². The van der Waals surface area contributed by atoms with Crippen molar-refractivity contribution in [1.29, 1.82) is 0 Å². The van der Waals surface area contributed by atoms with Gasteiger partial charge in [0.25, 0.3) is 0 Å². The first-order valence-corrected chi connectivity index (χ1v) is 10.8. The van der Waals surface area contributed by atoms with Gasteiger partial charge in [0.2, 0.25) is 9.84 Å². The minimum absolute atomic E-state index is 0.330. The van der Waals surface area contributed by atoms with E-state index in [9.17, 15) is 16.8 Å². The lowest BCUT2D eigenvalue weighted by atomic mass is 10.4. The van der Waals surface area contributed by atoms with Crippen LogP contribution >= 0.6 is 0 Å². The van der Waals surface area contributed by atoms with E-state index in [-0.39, 0.29) is 0 Å². The van der Waals surface area contributed by atoms with E-state index in [0.717, 1.165) is 0 Å². The molecule has 3 aromatic rings. The van der Waals surface area contributed by atoms with Crippen molar-refractivity contribution >= 4 is 19.7 Å². The predicted molar refractivity (Wildman–Crippen MR) is 97.9 cm³/mol. The Hall–Kier alpha value is -2.44. The minimum atomic E-state index is -3.34. The highest BCUT2D eigenvalue weighted by Gasteiger charge is 2.15. The summed E-state index contributed by atoms with van der Waals surface area (Å²) in [4.78, 5) is 1.03. The molecule has 0 spiro atoms. The summed E-state index contributed by atoms with van der Waals surface area (Å²) in [5.74, 6) is 0. The van der Waals surface area contributed by atoms with Crippen LogP contribution in [0.15, 0.2) is 106 Å². The van der Waals surface area contributed by atoms with Crippen LogP contribution in [-0.4, -0.2) is 23.1 Å². The Balaban J connectivity index is 0.000000196. The Labute approximate surface area is 148 Å². The van der Waals surface area contributed by atoms with E-state index in [1.807, 2.05) is 0 Å². The molecule has 0 radical (unpaired) electrons. The number of hydrogen-bond donors (Lipinski definition) is 0. The van der Waals surface area contributed by atoms with Crippen molar-refractivity contribution in [3.05, 3.63) is 91.0 Å². The molecule has 0 saturated carbocycles. The molecule has 0 bridgehead atoms. The first-order chi connectivity index (χ1) is 11.8. The number of benzene rings is 3. The smallest absolute Gasteiger partial charge is 0.206 e. The van der Waals surface area contributed by atoms with E-state index in [1.165, 1.54) is 6.26 Å². The molecule has 0 fully saturated rings. The fourth-order valence-electron chi connectivity index (χ4n) is 2.00. The Bertz CT molecular complexity index is 951. The van der Waals surface area contributed by atoms with Gasteiger partial charge in [0, 0.05) is 6.26 Å². The monoisotopic (exact) mass is 374 g/mol. The van der Waals surface area contributed by atoms with Crippen molar-refractivity contribution in [1.82, 2.24) is 0 Å². The molecule has 0 atom stereocenters. The van der Waals surface area contributed by atoms with Crippen LogP contribution in [0.2, 0.25) is 0 Å². The summed E-state index contributed by atoms with van der Waals surface area (Å²) in [5, 5.41) is 0. The molecule has 0 unspecified atom stereocenters. The van der Waals surface area contributed by atoms with Gasteiger partial charge < -0.3 is 0 Å². The van der Waals surface area contributed by atoms with Crippen molar-refractivity contribution in [2.45, 2.75) is 14.7 Å².